The quantitative estimate of drug-likeness (QED) is 0.517. The summed E-state index contributed by atoms with van der Waals surface area (Å²) >= 11 is 0. The molecule has 0 unspecified atom stereocenters. The molecule has 0 bridgehead atoms. The van der Waals surface area contributed by atoms with Crippen molar-refractivity contribution in [1.29, 1.82) is 5.26 Å². The van der Waals surface area contributed by atoms with Crippen LogP contribution in [0.3, 0.4) is 0 Å². The van der Waals surface area contributed by atoms with E-state index in [1.165, 1.54) is 18.2 Å². The number of aromatic nitrogens is 1. The van der Waals surface area contributed by atoms with E-state index in [2.05, 4.69) is 4.98 Å². The molecule has 0 aliphatic carbocycles. The molecule has 0 aliphatic heterocycles. The number of nitriles is 1. The second-order valence-electron chi connectivity index (χ2n) is 4.97. The Hall–Kier alpha value is -2.17. The molecule has 0 atom stereocenters. The molecule has 2 rings (SSSR count). The van der Waals surface area contributed by atoms with Crippen molar-refractivity contribution in [1.82, 2.24) is 4.98 Å². The molecule has 0 aliphatic rings. The third-order valence-electron chi connectivity index (χ3n) is 3.39. The predicted octanol–water partition coefficient (Wildman–Crippen LogP) is -1.40. The molecule has 1 aromatic heterocycles. The Morgan fingerprint density at radius 2 is 1.68 bits per heavy atom. The van der Waals surface area contributed by atoms with Gasteiger partial charge >= 0.3 is 14.2 Å². The van der Waals surface area contributed by atoms with Crippen LogP contribution in [0.25, 0.3) is 11.1 Å². The number of benzene rings is 1. The normalized spacial score (nSPS) is 10.2. The maximum atomic E-state index is 9.61. The van der Waals surface area contributed by atoms with Crippen LogP contribution in [0, 0.1) is 25.2 Å². The van der Waals surface area contributed by atoms with E-state index in [4.69, 9.17) is 0 Å². The molecule has 2 aromatic rings. The highest BCUT2D eigenvalue weighted by atomic mass is 16.4. The molecule has 22 heavy (non-hydrogen) atoms. The van der Waals surface area contributed by atoms with E-state index < -0.39 is 14.2 Å². The Kier molecular flexibility index (Phi) is 4.64. The Morgan fingerprint density at radius 1 is 1.00 bits per heavy atom. The Morgan fingerprint density at radius 3 is 2.23 bits per heavy atom. The first-order chi connectivity index (χ1) is 10.3. The molecule has 0 amide bonds. The molecule has 110 valence electrons. The van der Waals surface area contributed by atoms with Crippen LogP contribution in [-0.2, 0) is 0 Å². The Labute approximate surface area is 128 Å². The summed E-state index contributed by atoms with van der Waals surface area (Å²) in [6.45, 7) is 3.39. The minimum absolute atomic E-state index is 0.187. The smallest absolute Gasteiger partial charge is 0.423 e. The summed E-state index contributed by atoms with van der Waals surface area (Å²) < 4.78 is 0. The number of pyridine rings is 1. The van der Waals surface area contributed by atoms with Crippen molar-refractivity contribution in [3.63, 3.8) is 0 Å². The van der Waals surface area contributed by atoms with Crippen molar-refractivity contribution >= 4 is 25.2 Å². The number of rotatable bonds is 3. The molecule has 0 saturated carbocycles. The molecule has 0 fully saturated rings. The lowest BCUT2D eigenvalue weighted by Crippen LogP contribution is -2.35. The van der Waals surface area contributed by atoms with Crippen LogP contribution in [0.1, 0.15) is 17.0 Å². The van der Waals surface area contributed by atoms with E-state index in [0.29, 0.717) is 22.5 Å². The minimum atomic E-state index is -1.75. The van der Waals surface area contributed by atoms with Gasteiger partial charge < -0.3 is 20.1 Å². The second-order valence-corrected chi connectivity index (χ2v) is 4.97. The van der Waals surface area contributed by atoms with Crippen LogP contribution in [0.5, 0.6) is 0 Å². The van der Waals surface area contributed by atoms with Crippen molar-refractivity contribution in [2.45, 2.75) is 13.8 Å². The van der Waals surface area contributed by atoms with Gasteiger partial charge in [0.1, 0.15) is 0 Å². The van der Waals surface area contributed by atoms with Crippen molar-refractivity contribution in [3.8, 4) is 17.2 Å². The molecule has 4 N–H and O–H groups in total. The summed E-state index contributed by atoms with van der Waals surface area (Å²) in [6.07, 6.45) is 0. The average molecular weight is 296 g/mol. The van der Waals surface area contributed by atoms with Crippen LogP contribution < -0.4 is 10.9 Å². The molecule has 1 aromatic carbocycles. The van der Waals surface area contributed by atoms with E-state index >= 15 is 0 Å². The minimum Gasteiger partial charge on any atom is -0.423 e. The monoisotopic (exact) mass is 296 g/mol. The van der Waals surface area contributed by atoms with Gasteiger partial charge in [-0.2, -0.15) is 5.26 Å². The maximum absolute atomic E-state index is 9.61. The summed E-state index contributed by atoms with van der Waals surface area (Å²) in [5.41, 5.74) is 2.59. The van der Waals surface area contributed by atoms with Crippen molar-refractivity contribution in [2.75, 3.05) is 0 Å². The van der Waals surface area contributed by atoms with Crippen LogP contribution in [0.4, 0.5) is 0 Å². The van der Waals surface area contributed by atoms with Gasteiger partial charge in [0, 0.05) is 16.9 Å². The van der Waals surface area contributed by atoms with Gasteiger partial charge in [-0.05, 0) is 42.6 Å². The van der Waals surface area contributed by atoms with Gasteiger partial charge in [-0.15, -0.1) is 0 Å². The van der Waals surface area contributed by atoms with Crippen molar-refractivity contribution < 1.29 is 20.1 Å². The number of nitrogens with zero attached hydrogens (tertiary/aromatic N) is 2. The molecule has 0 spiro atoms. The summed E-state index contributed by atoms with van der Waals surface area (Å²) in [5, 5.41) is 47.1. The summed E-state index contributed by atoms with van der Waals surface area (Å²) in [6, 6.07) is 7.99. The average Bonchev–Trinajstić information content (AvgIpc) is 2.45. The first-order valence-electron chi connectivity index (χ1n) is 6.60. The zero-order valence-corrected chi connectivity index (χ0v) is 12.1. The lowest BCUT2D eigenvalue weighted by atomic mass is 9.72. The van der Waals surface area contributed by atoms with E-state index in [-0.39, 0.29) is 16.5 Å². The van der Waals surface area contributed by atoms with Crippen LogP contribution in [-0.4, -0.2) is 39.3 Å². The third kappa shape index (κ3) is 3.03. The van der Waals surface area contributed by atoms with Gasteiger partial charge in [0.25, 0.3) is 0 Å². The Balaban J connectivity index is 2.81. The topological polar surface area (TPSA) is 118 Å². The first-order valence-corrected chi connectivity index (χ1v) is 6.60. The van der Waals surface area contributed by atoms with Crippen LogP contribution >= 0.6 is 0 Å². The van der Waals surface area contributed by atoms with Crippen LogP contribution in [0.2, 0.25) is 0 Å². The fourth-order valence-electron chi connectivity index (χ4n) is 2.43. The third-order valence-corrected chi connectivity index (χ3v) is 3.39. The second kappa shape index (κ2) is 6.30. The van der Waals surface area contributed by atoms with E-state index in [1.807, 2.05) is 6.07 Å². The molecular weight excluding hydrogens is 282 g/mol. The molecule has 6 nitrogen and oxygen atoms in total. The van der Waals surface area contributed by atoms with Gasteiger partial charge in [0.15, 0.2) is 0 Å². The van der Waals surface area contributed by atoms with Gasteiger partial charge in [0.05, 0.1) is 11.6 Å². The van der Waals surface area contributed by atoms with E-state index in [1.54, 1.807) is 19.9 Å². The van der Waals surface area contributed by atoms with E-state index in [0.717, 1.165) is 0 Å². The SMILES string of the molecule is Cc1cc(-c2cc(B(O)O)ccc2C#N)c(B(O)O)c(C)n1. The highest BCUT2D eigenvalue weighted by Gasteiger charge is 2.24. The van der Waals surface area contributed by atoms with Crippen molar-refractivity contribution in [3.05, 3.63) is 41.2 Å². The summed E-state index contributed by atoms with van der Waals surface area (Å²) in [7, 11) is -3.43. The lowest BCUT2D eigenvalue weighted by molar-refractivity contribution is 0.424. The molecule has 0 radical (unpaired) electrons. The maximum Gasteiger partial charge on any atom is 0.490 e. The summed E-state index contributed by atoms with van der Waals surface area (Å²) in [5.74, 6) is 0. The van der Waals surface area contributed by atoms with Gasteiger partial charge in [0.2, 0.25) is 0 Å². The molecule has 8 heteroatoms. The standard InChI is InChI=1S/C14H14B2N2O4/c1-8-5-13(14(16(21)22)9(2)18-8)12-6-11(15(19)20)4-3-10(12)7-17/h3-6,19-22H,1-2H3. The van der Waals surface area contributed by atoms with Gasteiger partial charge in [-0.3, -0.25) is 4.98 Å². The van der Waals surface area contributed by atoms with Crippen LogP contribution in [0.15, 0.2) is 24.3 Å². The number of aryl methyl sites for hydroxylation is 2. The van der Waals surface area contributed by atoms with E-state index in [9.17, 15) is 25.4 Å². The zero-order chi connectivity index (χ0) is 16.4. The summed E-state index contributed by atoms with van der Waals surface area (Å²) in [4.78, 5) is 4.19. The van der Waals surface area contributed by atoms with Gasteiger partial charge in [-0.1, -0.05) is 12.1 Å². The first kappa shape index (κ1) is 16.2. The molecule has 0 saturated heterocycles. The van der Waals surface area contributed by atoms with Crippen molar-refractivity contribution in [2.24, 2.45) is 0 Å². The predicted molar refractivity (Wildman–Crippen MR) is 83.5 cm³/mol. The highest BCUT2D eigenvalue weighted by Crippen LogP contribution is 2.23. The Bertz CT molecular complexity index is 757. The molecule has 1 heterocycles. The largest absolute Gasteiger partial charge is 0.490 e. The molecular formula is C14H14B2N2O4. The van der Waals surface area contributed by atoms with Gasteiger partial charge in [-0.25, -0.2) is 0 Å². The fraction of sp³-hybridized carbons (Fsp3) is 0.143. The highest BCUT2D eigenvalue weighted by molar-refractivity contribution is 6.61. The zero-order valence-electron chi connectivity index (χ0n) is 12.1. The lowest BCUT2D eigenvalue weighted by Gasteiger charge is -2.15. The fourth-order valence-corrected chi connectivity index (χ4v) is 2.43. The number of hydrogen-bond acceptors (Lipinski definition) is 6. The number of hydrogen-bond donors (Lipinski definition) is 4.